The highest BCUT2D eigenvalue weighted by molar-refractivity contribution is 6.06. The molecule has 0 aliphatic carbocycles. The van der Waals surface area contributed by atoms with Gasteiger partial charge in [-0.2, -0.15) is 0 Å². The lowest BCUT2D eigenvalue weighted by molar-refractivity contribution is -0.660. The third-order valence-corrected chi connectivity index (χ3v) is 4.11. The van der Waals surface area contributed by atoms with Crippen LogP contribution in [0.3, 0.4) is 0 Å². The minimum atomic E-state index is -0.248. The van der Waals surface area contributed by atoms with Crippen LogP contribution >= 0.6 is 0 Å². The molecule has 2 nitrogen and oxygen atoms in total. The van der Waals surface area contributed by atoms with Crippen molar-refractivity contribution < 1.29 is 13.4 Å². The quantitative estimate of drug-likeness (QED) is 0.471. The van der Waals surface area contributed by atoms with Crippen molar-refractivity contribution in [1.29, 1.82) is 0 Å². The highest BCUT2D eigenvalue weighted by atomic mass is 19.1. The molecule has 4 rings (SSSR count). The fourth-order valence-electron chi connectivity index (χ4n) is 2.98. The molecule has 2 heterocycles. The molecular weight excluding hydrogens is 277 g/mol. The number of rotatable bonds is 1. The van der Waals surface area contributed by atoms with Crippen molar-refractivity contribution in [2.24, 2.45) is 7.05 Å². The van der Waals surface area contributed by atoms with Gasteiger partial charge in [0, 0.05) is 28.5 Å². The summed E-state index contributed by atoms with van der Waals surface area (Å²) in [5.41, 5.74) is 4.88. The Morgan fingerprint density at radius 1 is 0.955 bits per heavy atom. The van der Waals surface area contributed by atoms with E-state index < -0.39 is 0 Å². The van der Waals surface area contributed by atoms with E-state index in [1.165, 1.54) is 12.1 Å². The molecule has 0 aliphatic rings. The lowest BCUT2D eigenvalue weighted by Crippen LogP contribution is -2.30. The van der Waals surface area contributed by atoms with Crippen LogP contribution in [-0.2, 0) is 7.05 Å². The van der Waals surface area contributed by atoms with Gasteiger partial charge in [0.05, 0.1) is 0 Å². The van der Waals surface area contributed by atoms with Crippen LogP contribution in [0.5, 0.6) is 0 Å². The van der Waals surface area contributed by atoms with Crippen LogP contribution in [0.4, 0.5) is 4.39 Å². The number of halogens is 1. The Morgan fingerprint density at radius 3 is 2.59 bits per heavy atom. The van der Waals surface area contributed by atoms with Crippen LogP contribution in [0.25, 0.3) is 33.2 Å². The van der Waals surface area contributed by atoms with E-state index in [9.17, 15) is 4.39 Å². The Labute approximate surface area is 127 Å². The van der Waals surface area contributed by atoms with E-state index in [1.54, 1.807) is 6.07 Å². The molecule has 4 aromatic rings. The predicted octanol–water partition coefficient (Wildman–Crippen LogP) is 4.53. The molecule has 2 aromatic heterocycles. The number of fused-ring (bicyclic) bond motifs is 3. The van der Waals surface area contributed by atoms with Crippen LogP contribution in [0.2, 0.25) is 0 Å². The average Bonchev–Trinajstić information content (AvgIpc) is 2.84. The minimum Gasteiger partial charge on any atom is -0.456 e. The van der Waals surface area contributed by atoms with Crippen molar-refractivity contribution in [2.45, 2.75) is 6.92 Å². The summed E-state index contributed by atoms with van der Waals surface area (Å²) < 4.78 is 21.5. The highest BCUT2D eigenvalue weighted by Gasteiger charge is 2.16. The summed E-state index contributed by atoms with van der Waals surface area (Å²) in [4.78, 5) is 0. The summed E-state index contributed by atoms with van der Waals surface area (Å²) in [6.45, 7) is 2.07. The molecule has 0 amide bonds. The van der Waals surface area contributed by atoms with Crippen molar-refractivity contribution in [1.82, 2.24) is 0 Å². The predicted molar refractivity (Wildman–Crippen MR) is 85.0 cm³/mol. The summed E-state index contributed by atoms with van der Waals surface area (Å²) in [5, 5.41) is 1.76. The molecule has 0 N–H and O–H groups in total. The van der Waals surface area contributed by atoms with Crippen LogP contribution in [0.15, 0.2) is 59.1 Å². The van der Waals surface area contributed by atoms with Gasteiger partial charge in [0.1, 0.15) is 24.0 Å². The van der Waals surface area contributed by atoms with Crippen LogP contribution in [0, 0.1) is 12.7 Å². The first-order valence-corrected chi connectivity index (χ1v) is 7.21. The minimum absolute atomic E-state index is 0.248. The second kappa shape index (κ2) is 4.67. The molecular formula is C19H15FNO+. The van der Waals surface area contributed by atoms with Gasteiger partial charge in [-0.15, -0.1) is 0 Å². The fraction of sp³-hybridized carbons (Fsp3) is 0.105. The number of nitrogens with zero attached hydrogens (tertiary/aromatic N) is 1. The largest absolute Gasteiger partial charge is 0.456 e. The van der Waals surface area contributed by atoms with Gasteiger partial charge in [-0.3, -0.25) is 0 Å². The first kappa shape index (κ1) is 13.0. The molecule has 0 fully saturated rings. The molecule has 0 unspecified atom stereocenters. The van der Waals surface area contributed by atoms with Gasteiger partial charge in [-0.05, 0) is 48.9 Å². The molecule has 3 heteroatoms. The van der Waals surface area contributed by atoms with Crippen molar-refractivity contribution >= 4 is 21.9 Å². The zero-order chi connectivity index (χ0) is 15.3. The van der Waals surface area contributed by atoms with Crippen LogP contribution in [0.1, 0.15) is 5.56 Å². The SMILES string of the molecule is Cc1cc2oc3ccc(F)cc3c2cc1-c1cccc[n+]1C. The van der Waals surface area contributed by atoms with Gasteiger partial charge in [-0.1, -0.05) is 0 Å². The first-order chi connectivity index (χ1) is 10.6. The molecule has 0 saturated heterocycles. The first-order valence-electron chi connectivity index (χ1n) is 7.21. The van der Waals surface area contributed by atoms with E-state index in [2.05, 4.69) is 23.6 Å². The maximum absolute atomic E-state index is 13.6. The summed E-state index contributed by atoms with van der Waals surface area (Å²) in [7, 11) is 2.02. The normalized spacial score (nSPS) is 11.4. The van der Waals surface area contributed by atoms with Gasteiger partial charge in [-0.25, -0.2) is 8.96 Å². The Bertz CT molecular complexity index is 1020. The maximum Gasteiger partial charge on any atom is 0.212 e. The number of hydrogen-bond acceptors (Lipinski definition) is 1. The summed E-state index contributed by atoms with van der Waals surface area (Å²) in [5.74, 6) is -0.248. The molecule has 2 aromatic carbocycles. The molecule has 0 atom stereocenters. The fourth-order valence-corrected chi connectivity index (χ4v) is 2.98. The van der Waals surface area contributed by atoms with Crippen LogP contribution < -0.4 is 4.57 Å². The second-order valence-electron chi connectivity index (χ2n) is 5.60. The zero-order valence-electron chi connectivity index (χ0n) is 12.4. The van der Waals surface area contributed by atoms with E-state index in [0.29, 0.717) is 5.58 Å². The van der Waals surface area contributed by atoms with Crippen molar-refractivity contribution in [2.75, 3.05) is 0 Å². The molecule has 0 radical (unpaired) electrons. The lowest BCUT2D eigenvalue weighted by Gasteiger charge is -2.04. The van der Waals surface area contributed by atoms with Gasteiger partial charge < -0.3 is 4.42 Å². The maximum atomic E-state index is 13.6. The zero-order valence-corrected chi connectivity index (χ0v) is 12.4. The molecule has 0 aliphatic heterocycles. The van der Waals surface area contributed by atoms with Crippen molar-refractivity contribution in [3.05, 3.63) is 66.1 Å². The second-order valence-corrected chi connectivity index (χ2v) is 5.60. The third kappa shape index (κ3) is 1.90. The number of benzene rings is 2. The number of hydrogen-bond donors (Lipinski definition) is 0. The molecule has 22 heavy (non-hydrogen) atoms. The van der Waals surface area contributed by atoms with Gasteiger partial charge in [0.15, 0.2) is 6.20 Å². The summed E-state index contributed by atoms with van der Waals surface area (Å²) in [6, 6.07) is 14.9. The van der Waals surface area contributed by atoms with E-state index in [-0.39, 0.29) is 5.82 Å². The number of aryl methyl sites for hydroxylation is 2. The van der Waals surface area contributed by atoms with E-state index in [1.807, 2.05) is 31.4 Å². The Kier molecular flexibility index (Phi) is 2.76. The topological polar surface area (TPSA) is 17.0 Å². The van der Waals surface area contributed by atoms with E-state index in [4.69, 9.17) is 4.42 Å². The smallest absolute Gasteiger partial charge is 0.212 e. The molecule has 0 saturated carbocycles. The molecule has 0 spiro atoms. The molecule has 0 bridgehead atoms. The Balaban J connectivity index is 2.08. The van der Waals surface area contributed by atoms with Crippen LogP contribution in [-0.4, -0.2) is 0 Å². The third-order valence-electron chi connectivity index (χ3n) is 4.11. The Morgan fingerprint density at radius 2 is 1.77 bits per heavy atom. The average molecular weight is 292 g/mol. The number of furan rings is 1. The highest BCUT2D eigenvalue weighted by Crippen LogP contribution is 2.34. The Hall–Kier alpha value is -2.68. The van der Waals surface area contributed by atoms with E-state index >= 15 is 0 Å². The van der Waals surface area contributed by atoms with E-state index in [0.717, 1.165) is 33.2 Å². The summed E-state index contributed by atoms with van der Waals surface area (Å²) >= 11 is 0. The van der Waals surface area contributed by atoms with Gasteiger partial charge >= 0.3 is 0 Å². The van der Waals surface area contributed by atoms with Gasteiger partial charge in [0.25, 0.3) is 0 Å². The number of pyridine rings is 1. The molecule has 108 valence electrons. The van der Waals surface area contributed by atoms with Crippen molar-refractivity contribution in [3.63, 3.8) is 0 Å². The summed E-state index contributed by atoms with van der Waals surface area (Å²) in [6.07, 6.45) is 2.02. The van der Waals surface area contributed by atoms with Crippen molar-refractivity contribution in [3.8, 4) is 11.3 Å². The lowest BCUT2D eigenvalue weighted by atomic mass is 10.0. The monoisotopic (exact) mass is 292 g/mol. The standard InChI is InChI=1S/C19H15FNO/c1-12-9-19-16(15-10-13(20)6-7-18(15)22-19)11-14(12)17-5-3-4-8-21(17)2/h3-11H,1-2H3/q+1. The van der Waals surface area contributed by atoms with Gasteiger partial charge in [0.2, 0.25) is 5.69 Å². The number of aromatic nitrogens is 1.